The maximum atomic E-state index is 12.5. The first-order valence-corrected chi connectivity index (χ1v) is 6.43. The van der Waals surface area contributed by atoms with Crippen LogP contribution in [0.4, 0.5) is 0 Å². The second-order valence-corrected chi connectivity index (χ2v) is 5.22. The molecule has 4 rings (SSSR count). The molecule has 4 heteroatoms. The lowest BCUT2D eigenvalue weighted by Crippen LogP contribution is -2.11. The van der Waals surface area contributed by atoms with Gasteiger partial charge in [0.2, 0.25) is 0 Å². The van der Waals surface area contributed by atoms with E-state index < -0.39 is 0 Å². The Bertz CT molecular complexity index is 952. The molecule has 0 unspecified atom stereocenters. The van der Waals surface area contributed by atoms with E-state index >= 15 is 0 Å². The minimum atomic E-state index is 0.00745. The second kappa shape index (κ2) is 3.40. The molecule has 18 heavy (non-hydrogen) atoms. The van der Waals surface area contributed by atoms with Gasteiger partial charge >= 0.3 is 0 Å². The standard InChI is InChI=1S/C14H8N2OS/c17-14-10-8-15-6-5-12(10)18-13-7-9-3-1-2-4-11(9)16(13)14/h1-8H. The molecule has 0 amide bonds. The van der Waals surface area contributed by atoms with Gasteiger partial charge in [-0.2, -0.15) is 0 Å². The minimum Gasteiger partial charge on any atom is -0.268 e. The van der Waals surface area contributed by atoms with E-state index in [0.29, 0.717) is 5.39 Å². The molecule has 0 radical (unpaired) electrons. The van der Waals surface area contributed by atoms with Crippen LogP contribution in [-0.4, -0.2) is 9.38 Å². The van der Waals surface area contributed by atoms with E-state index in [-0.39, 0.29) is 5.56 Å². The summed E-state index contributed by atoms with van der Waals surface area (Å²) in [6, 6.07) is 11.9. The fourth-order valence-corrected chi connectivity index (χ4v) is 3.34. The number of fused-ring (bicyclic) bond motifs is 4. The molecule has 3 aromatic heterocycles. The minimum absolute atomic E-state index is 0.00745. The van der Waals surface area contributed by atoms with Gasteiger partial charge in [0.1, 0.15) is 4.83 Å². The Balaban J connectivity index is 2.39. The van der Waals surface area contributed by atoms with Gasteiger partial charge in [-0.1, -0.05) is 18.2 Å². The Labute approximate surface area is 106 Å². The Kier molecular flexibility index (Phi) is 1.85. The fourth-order valence-electron chi connectivity index (χ4n) is 2.28. The molecule has 1 aromatic carbocycles. The average molecular weight is 252 g/mol. The van der Waals surface area contributed by atoms with Crippen LogP contribution in [0.2, 0.25) is 0 Å². The van der Waals surface area contributed by atoms with Crippen molar-refractivity contribution in [3.8, 4) is 0 Å². The summed E-state index contributed by atoms with van der Waals surface area (Å²) in [5.41, 5.74) is 0.965. The zero-order valence-corrected chi connectivity index (χ0v) is 10.1. The molecule has 0 aliphatic rings. The topological polar surface area (TPSA) is 34.4 Å². The Morgan fingerprint density at radius 3 is 3.00 bits per heavy atom. The highest BCUT2D eigenvalue weighted by Crippen LogP contribution is 2.25. The van der Waals surface area contributed by atoms with Crippen molar-refractivity contribution in [1.29, 1.82) is 0 Å². The number of hydrogen-bond acceptors (Lipinski definition) is 3. The van der Waals surface area contributed by atoms with Crippen LogP contribution in [0.5, 0.6) is 0 Å². The van der Waals surface area contributed by atoms with Crippen LogP contribution in [0.15, 0.2) is 53.6 Å². The summed E-state index contributed by atoms with van der Waals surface area (Å²) in [6.07, 6.45) is 3.36. The summed E-state index contributed by atoms with van der Waals surface area (Å²) in [6.45, 7) is 0. The highest BCUT2D eigenvalue weighted by molar-refractivity contribution is 7.23. The third kappa shape index (κ3) is 1.18. The molecular weight excluding hydrogens is 244 g/mol. The van der Waals surface area contributed by atoms with Crippen molar-refractivity contribution in [3.63, 3.8) is 0 Å². The fraction of sp³-hybridized carbons (Fsp3) is 0. The van der Waals surface area contributed by atoms with Crippen LogP contribution in [0.25, 0.3) is 25.8 Å². The zero-order chi connectivity index (χ0) is 12.1. The highest BCUT2D eigenvalue weighted by atomic mass is 32.1. The van der Waals surface area contributed by atoms with E-state index in [0.717, 1.165) is 20.4 Å². The predicted octanol–water partition coefficient (Wildman–Crippen LogP) is 3.06. The quantitative estimate of drug-likeness (QED) is 0.482. The number of hydrogen-bond donors (Lipinski definition) is 0. The third-order valence-corrected chi connectivity index (χ3v) is 4.19. The molecule has 3 nitrogen and oxygen atoms in total. The van der Waals surface area contributed by atoms with Gasteiger partial charge < -0.3 is 0 Å². The van der Waals surface area contributed by atoms with Gasteiger partial charge in [0, 0.05) is 22.5 Å². The number of pyridine rings is 1. The summed E-state index contributed by atoms with van der Waals surface area (Å²) in [4.78, 5) is 17.5. The van der Waals surface area contributed by atoms with Gasteiger partial charge in [0.25, 0.3) is 5.56 Å². The van der Waals surface area contributed by atoms with Gasteiger partial charge in [-0.3, -0.25) is 14.2 Å². The molecule has 0 bridgehead atoms. The highest BCUT2D eigenvalue weighted by Gasteiger charge is 2.09. The predicted molar refractivity (Wildman–Crippen MR) is 74.4 cm³/mol. The summed E-state index contributed by atoms with van der Waals surface area (Å²) in [5.74, 6) is 0. The average Bonchev–Trinajstić information content (AvgIpc) is 2.77. The van der Waals surface area contributed by atoms with Crippen LogP contribution < -0.4 is 5.56 Å². The first-order chi connectivity index (χ1) is 8.84. The van der Waals surface area contributed by atoms with Crippen molar-refractivity contribution in [2.24, 2.45) is 0 Å². The van der Waals surface area contributed by atoms with E-state index in [9.17, 15) is 4.79 Å². The normalized spacial score (nSPS) is 11.6. The third-order valence-electron chi connectivity index (χ3n) is 3.11. The maximum Gasteiger partial charge on any atom is 0.266 e. The van der Waals surface area contributed by atoms with Crippen molar-refractivity contribution in [2.45, 2.75) is 0 Å². The molecule has 0 N–H and O–H groups in total. The van der Waals surface area contributed by atoms with Crippen molar-refractivity contribution in [3.05, 3.63) is 59.1 Å². The molecule has 0 spiro atoms. The smallest absolute Gasteiger partial charge is 0.266 e. The molecule has 4 aromatic rings. The van der Waals surface area contributed by atoms with E-state index in [4.69, 9.17) is 0 Å². The molecule has 0 fully saturated rings. The van der Waals surface area contributed by atoms with Crippen LogP contribution >= 0.6 is 11.3 Å². The van der Waals surface area contributed by atoms with Crippen LogP contribution in [-0.2, 0) is 0 Å². The van der Waals surface area contributed by atoms with Crippen molar-refractivity contribution in [1.82, 2.24) is 9.38 Å². The summed E-state index contributed by atoms with van der Waals surface area (Å²) >= 11 is 1.61. The molecule has 0 saturated carbocycles. The van der Waals surface area contributed by atoms with Crippen LogP contribution in [0.1, 0.15) is 0 Å². The van der Waals surface area contributed by atoms with E-state index in [2.05, 4.69) is 11.1 Å². The Morgan fingerprint density at radius 1 is 1.17 bits per heavy atom. The lowest BCUT2D eigenvalue weighted by atomic mass is 10.2. The number of benzene rings is 1. The Morgan fingerprint density at radius 2 is 2.06 bits per heavy atom. The Hall–Kier alpha value is -2.20. The second-order valence-electron chi connectivity index (χ2n) is 4.16. The molecule has 0 aliphatic carbocycles. The largest absolute Gasteiger partial charge is 0.268 e. The van der Waals surface area contributed by atoms with Gasteiger partial charge in [-0.05, 0) is 18.2 Å². The van der Waals surface area contributed by atoms with Crippen molar-refractivity contribution in [2.75, 3.05) is 0 Å². The molecule has 3 heterocycles. The first-order valence-electron chi connectivity index (χ1n) is 5.61. The maximum absolute atomic E-state index is 12.5. The lowest BCUT2D eigenvalue weighted by Gasteiger charge is -1.99. The number of aromatic nitrogens is 2. The van der Waals surface area contributed by atoms with Crippen molar-refractivity contribution < 1.29 is 0 Å². The van der Waals surface area contributed by atoms with Gasteiger partial charge in [-0.25, -0.2) is 0 Å². The summed E-state index contributed by atoms with van der Waals surface area (Å²) in [5, 5.41) is 1.77. The van der Waals surface area contributed by atoms with E-state index in [1.165, 1.54) is 0 Å². The monoisotopic (exact) mass is 252 g/mol. The molecule has 0 atom stereocenters. The van der Waals surface area contributed by atoms with Crippen molar-refractivity contribution >= 4 is 37.2 Å². The molecular formula is C14H8N2OS. The number of para-hydroxylation sites is 1. The summed E-state index contributed by atoms with van der Waals surface area (Å²) in [7, 11) is 0. The van der Waals surface area contributed by atoms with E-state index in [1.54, 1.807) is 28.1 Å². The number of rotatable bonds is 0. The SMILES string of the molecule is O=c1c2cnccc2sc2cc3ccccc3n12. The number of nitrogens with zero attached hydrogens (tertiary/aromatic N) is 2. The summed E-state index contributed by atoms with van der Waals surface area (Å²) < 4.78 is 2.75. The molecule has 0 saturated heterocycles. The van der Waals surface area contributed by atoms with Crippen LogP contribution in [0.3, 0.4) is 0 Å². The first kappa shape index (κ1) is 9.79. The zero-order valence-electron chi connectivity index (χ0n) is 9.33. The van der Waals surface area contributed by atoms with E-state index in [1.807, 2.05) is 30.3 Å². The van der Waals surface area contributed by atoms with Crippen LogP contribution in [0, 0.1) is 0 Å². The van der Waals surface area contributed by atoms with Gasteiger partial charge in [0.15, 0.2) is 0 Å². The lowest BCUT2D eigenvalue weighted by molar-refractivity contribution is 1.21. The van der Waals surface area contributed by atoms with Gasteiger partial charge in [0.05, 0.1) is 10.9 Å². The molecule has 86 valence electrons. The van der Waals surface area contributed by atoms with Gasteiger partial charge in [-0.15, -0.1) is 11.3 Å². The molecule has 0 aliphatic heterocycles.